The highest BCUT2D eigenvalue weighted by atomic mass is 32.4. The highest BCUT2D eigenvalue weighted by molar-refractivity contribution is 8.20. The van der Waals surface area contributed by atoms with Gasteiger partial charge in [-0.05, 0) is 13.0 Å². The van der Waals surface area contributed by atoms with E-state index in [1.807, 2.05) is 60.7 Å². The lowest BCUT2D eigenvalue weighted by molar-refractivity contribution is -0.137. The molecular weight excluding hydrogens is 425 g/mol. The number of rotatable bonds is 6. The molecule has 0 amide bonds. The van der Waals surface area contributed by atoms with Crippen LogP contribution in [0.1, 0.15) is 24.9 Å². The molecule has 1 N–H and O–H groups in total. The molecule has 0 aliphatic carbocycles. The predicted molar refractivity (Wildman–Crippen MR) is 129 cm³/mol. The molecule has 1 unspecified atom stereocenters. The molecule has 6 heteroatoms. The lowest BCUT2D eigenvalue weighted by atomic mass is 10.00. The molecule has 31 heavy (non-hydrogen) atoms. The van der Waals surface area contributed by atoms with E-state index in [4.69, 9.17) is 21.3 Å². The standard InChI is InChI=1S/C25H24NO3PS/c1-2-28-25(27)18-19-17-23(22-15-9-10-16-24(22)29-19)26-30(31,20-11-5-3-6-12-20)21-13-7-4-8-14-21/h3-16,18,23H,2,17H2,1H3,(H,26,31)/b19-18+. The van der Waals surface area contributed by atoms with E-state index in [9.17, 15) is 4.79 Å². The van der Waals surface area contributed by atoms with Gasteiger partial charge in [0.2, 0.25) is 0 Å². The van der Waals surface area contributed by atoms with Gasteiger partial charge in [-0.3, -0.25) is 5.09 Å². The van der Waals surface area contributed by atoms with Gasteiger partial charge in [-0.2, -0.15) is 0 Å². The van der Waals surface area contributed by atoms with Crippen molar-refractivity contribution in [2.45, 2.75) is 19.4 Å². The van der Waals surface area contributed by atoms with Gasteiger partial charge >= 0.3 is 5.97 Å². The summed E-state index contributed by atoms with van der Waals surface area (Å²) in [5, 5.41) is 6.00. The second-order valence-electron chi connectivity index (χ2n) is 7.17. The first kappa shape index (κ1) is 21.5. The minimum Gasteiger partial charge on any atom is -0.463 e. The number of para-hydroxylation sites is 1. The third-order valence-corrected chi connectivity index (χ3v) is 9.39. The number of ether oxygens (including phenoxy) is 2. The number of nitrogens with one attached hydrogen (secondary N) is 1. The molecule has 0 bridgehead atoms. The minimum absolute atomic E-state index is 0.100. The van der Waals surface area contributed by atoms with Gasteiger partial charge in [-0.15, -0.1) is 0 Å². The van der Waals surface area contributed by atoms with Crippen molar-refractivity contribution in [3.63, 3.8) is 0 Å². The molecule has 0 saturated carbocycles. The van der Waals surface area contributed by atoms with E-state index >= 15 is 0 Å². The van der Waals surface area contributed by atoms with E-state index in [-0.39, 0.29) is 6.04 Å². The monoisotopic (exact) mass is 449 g/mol. The number of hydrogen-bond donors (Lipinski definition) is 1. The Bertz CT molecular complexity index is 1090. The quantitative estimate of drug-likeness (QED) is 0.339. The number of hydrogen-bond acceptors (Lipinski definition) is 4. The van der Waals surface area contributed by atoms with Gasteiger partial charge in [0.05, 0.1) is 18.9 Å². The smallest absolute Gasteiger partial charge is 0.334 e. The lowest BCUT2D eigenvalue weighted by Crippen LogP contribution is -2.32. The molecule has 1 heterocycles. The molecule has 0 radical (unpaired) electrons. The second kappa shape index (κ2) is 9.61. The number of benzene rings is 3. The highest BCUT2D eigenvalue weighted by Gasteiger charge is 2.31. The molecule has 3 aromatic carbocycles. The Labute approximate surface area is 188 Å². The molecular formula is C25H24NO3PS. The molecule has 0 saturated heterocycles. The Morgan fingerprint density at radius 2 is 1.61 bits per heavy atom. The molecule has 1 atom stereocenters. The zero-order chi connectivity index (χ0) is 21.7. The summed E-state index contributed by atoms with van der Waals surface area (Å²) in [6, 6.07) is 28.2. The van der Waals surface area contributed by atoms with Crippen molar-refractivity contribution < 1.29 is 14.3 Å². The van der Waals surface area contributed by atoms with Crippen LogP contribution in [0.3, 0.4) is 0 Å². The third kappa shape index (κ3) is 4.80. The van der Waals surface area contributed by atoms with Crippen molar-refractivity contribution in [3.8, 4) is 5.75 Å². The van der Waals surface area contributed by atoms with Gasteiger partial charge in [0.15, 0.2) is 0 Å². The van der Waals surface area contributed by atoms with Crippen molar-refractivity contribution in [2.75, 3.05) is 6.61 Å². The SMILES string of the molecule is CCOC(=O)/C=C1\CC(NP(=S)(c2ccccc2)c2ccccc2)c2ccccc2O1. The first-order valence-corrected chi connectivity index (χ1v) is 13.0. The van der Waals surface area contributed by atoms with E-state index in [0.717, 1.165) is 21.9 Å². The van der Waals surface area contributed by atoms with Crippen molar-refractivity contribution >= 4 is 34.6 Å². The maximum Gasteiger partial charge on any atom is 0.334 e. The Morgan fingerprint density at radius 3 is 2.23 bits per heavy atom. The van der Waals surface area contributed by atoms with Crippen LogP contribution in [0.2, 0.25) is 0 Å². The fraction of sp³-hybridized carbons (Fsp3) is 0.160. The van der Waals surface area contributed by atoms with Crippen molar-refractivity contribution in [3.05, 3.63) is 102 Å². The maximum atomic E-state index is 12.0. The van der Waals surface area contributed by atoms with Crippen LogP contribution in [0.25, 0.3) is 0 Å². The first-order valence-electron chi connectivity index (χ1n) is 10.2. The van der Waals surface area contributed by atoms with Gasteiger partial charge in [0.1, 0.15) is 11.5 Å². The van der Waals surface area contributed by atoms with Crippen molar-refractivity contribution in [1.29, 1.82) is 0 Å². The van der Waals surface area contributed by atoms with Crippen LogP contribution in [0.5, 0.6) is 5.75 Å². The molecule has 158 valence electrons. The molecule has 1 aliphatic heterocycles. The summed E-state index contributed by atoms with van der Waals surface area (Å²) < 4.78 is 11.1. The molecule has 4 rings (SSSR count). The van der Waals surface area contributed by atoms with Crippen LogP contribution < -0.4 is 20.4 Å². The Morgan fingerprint density at radius 1 is 1.03 bits per heavy atom. The van der Waals surface area contributed by atoms with Crippen LogP contribution in [0.4, 0.5) is 0 Å². The highest BCUT2D eigenvalue weighted by Crippen LogP contribution is 2.46. The largest absolute Gasteiger partial charge is 0.463 e. The van der Waals surface area contributed by atoms with Gasteiger partial charge in [-0.1, -0.05) is 90.7 Å². The molecule has 3 aromatic rings. The van der Waals surface area contributed by atoms with E-state index in [1.54, 1.807) is 6.92 Å². The summed E-state index contributed by atoms with van der Waals surface area (Å²) in [5.41, 5.74) is 1.03. The minimum atomic E-state index is -2.34. The second-order valence-corrected chi connectivity index (χ2v) is 11.3. The van der Waals surface area contributed by atoms with E-state index in [2.05, 4.69) is 29.4 Å². The molecule has 4 nitrogen and oxygen atoms in total. The molecule has 0 fully saturated rings. The molecule has 0 spiro atoms. The average molecular weight is 450 g/mol. The summed E-state index contributed by atoms with van der Waals surface area (Å²) in [7, 11) is 0. The normalized spacial score (nSPS) is 16.9. The number of esters is 1. The van der Waals surface area contributed by atoms with Gasteiger partial charge in [0.25, 0.3) is 0 Å². The predicted octanol–water partition coefficient (Wildman–Crippen LogP) is 4.59. The number of carbonyl (C=O) groups is 1. The van der Waals surface area contributed by atoms with Gasteiger partial charge < -0.3 is 9.47 Å². The fourth-order valence-electron chi connectivity index (χ4n) is 3.67. The van der Waals surface area contributed by atoms with Crippen LogP contribution in [-0.2, 0) is 21.3 Å². The average Bonchev–Trinajstić information content (AvgIpc) is 2.80. The summed E-state index contributed by atoms with van der Waals surface area (Å²) >= 11 is 6.36. The van der Waals surface area contributed by atoms with Crippen LogP contribution in [0.15, 0.2) is 96.8 Å². The Kier molecular flexibility index (Phi) is 6.67. The third-order valence-electron chi connectivity index (χ3n) is 5.08. The van der Waals surface area contributed by atoms with E-state index < -0.39 is 12.2 Å². The fourth-order valence-corrected chi connectivity index (χ4v) is 7.23. The van der Waals surface area contributed by atoms with Crippen LogP contribution in [0, 0.1) is 0 Å². The first-order chi connectivity index (χ1) is 15.1. The summed E-state index contributed by atoms with van der Waals surface area (Å²) in [5.74, 6) is 0.892. The van der Waals surface area contributed by atoms with E-state index in [1.165, 1.54) is 6.08 Å². The zero-order valence-electron chi connectivity index (χ0n) is 17.2. The lowest BCUT2D eigenvalue weighted by Gasteiger charge is -2.34. The van der Waals surface area contributed by atoms with Crippen LogP contribution >= 0.6 is 6.19 Å². The molecule has 0 aromatic heterocycles. The number of fused-ring (bicyclic) bond motifs is 1. The Hall–Kier alpha value is -2.72. The van der Waals surface area contributed by atoms with Crippen LogP contribution in [-0.4, -0.2) is 12.6 Å². The van der Waals surface area contributed by atoms with E-state index in [0.29, 0.717) is 18.8 Å². The topological polar surface area (TPSA) is 47.6 Å². The van der Waals surface area contributed by atoms with Gasteiger partial charge in [0, 0.05) is 28.6 Å². The number of carbonyl (C=O) groups excluding carboxylic acids is 1. The maximum absolute atomic E-state index is 12.0. The summed E-state index contributed by atoms with van der Waals surface area (Å²) in [4.78, 5) is 12.0. The zero-order valence-corrected chi connectivity index (χ0v) is 18.9. The summed E-state index contributed by atoms with van der Waals surface area (Å²) in [6.45, 7) is 2.11. The van der Waals surface area contributed by atoms with Gasteiger partial charge in [-0.25, -0.2) is 4.79 Å². The summed E-state index contributed by atoms with van der Waals surface area (Å²) in [6.07, 6.45) is -0.396. The van der Waals surface area contributed by atoms with Crippen molar-refractivity contribution in [1.82, 2.24) is 5.09 Å². The Balaban J connectivity index is 1.75. The molecule has 1 aliphatic rings. The van der Waals surface area contributed by atoms with Crippen molar-refractivity contribution in [2.24, 2.45) is 0 Å².